The van der Waals surface area contributed by atoms with E-state index in [-0.39, 0.29) is 0 Å². The molecule has 72 heavy (non-hydrogen) atoms. The summed E-state index contributed by atoms with van der Waals surface area (Å²) in [5.41, 5.74) is 22.1. The van der Waals surface area contributed by atoms with Crippen molar-refractivity contribution in [2.75, 3.05) is 0 Å². The minimum atomic E-state index is 0.674. The van der Waals surface area contributed by atoms with E-state index >= 15 is 0 Å². The summed E-state index contributed by atoms with van der Waals surface area (Å²) in [5.74, 6) is 0.674. The van der Waals surface area contributed by atoms with Gasteiger partial charge in [0.1, 0.15) is 0 Å². The summed E-state index contributed by atoms with van der Waals surface area (Å²) >= 11 is 0. The molecule has 0 saturated carbocycles. The first kappa shape index (κ1) is 43.7. The maximum Gasteiger partial charge on any atom is 0.160 e. The molecule has 0 aliphatic heterocycles. The van der Waals surface area contributed by atoms with Crippen molar-refractivity contribution >= 4 is 0 Å². The quantitative estimate of drug-likeness (QED) is 0.130. The summed E-state index contributed by atoms with van der Waals surface area (Å²) in [7, 11) is 0. The smallest absolute Gasteiger partial charge is 0.160 e. The molecule has 0 amide bonds. The average molecular weight is 918 g/mol. The van der Waals surface area contributed by atoms with Crippen LogP contribution in [0.3, 0.4) is 0 Å². The Hall–Kier alpha value is -9.57. The van der Waals surface area contributed by atoms with Crippen molar-refractivity contribution < 1.29 is 0 Å². The van der Waals surface area contributed by atoms with Crippen LogP contribution in [-0.4, -0.2) is 15.0 Å². The molecule has 0 spiro atoms. The lowest BCUT2D eigenvalue weighted by Gasteiger charge is -2.23. The Morgan fingerprint density at radius 1 is 0.167 bits per heavy atom. The van der Waals surface area contributed by atoms with Gasteiger partial charge in [0.2, 0.25) is 0 Å². The Labute approximate surface area is 421 Å². The SMILES string of the molecule is c1ccc(-c2cccc(-c3cc(-c4ccc(-c5cccc(-c6c(-c7ccccc7)c(-c7ccccc7)nc(-c7ccccc7)c6-c6ccccc6)c5)cc4)nc(-c4cccc(-c5ccccc5)c4)n3)c2)cc1. The second kappa shape index (κ2) is 19.8. The van der Waals surface area contributed by atoms with Gasteiger partial charge in [-0.15, -0.1) is 0 Å². The van der Waals surface area contributed by atoms with Crippen LogP contribution in [0.2, 0.25) is 0 Å². The molecule has 3 nitrogen and oxygen atoms in total. The summed E-state index contributed by atoms with van der Waals surface area (Å²) in [4.78, 5) is 16.2. The van der Waals surface area contributed by atoms with Gasteiger partial charge in [-0.2, -0.15) is 0 Å². The zero-order valence-corrected chi connectivity index (χ0v) is 39.5. The minimum Gasteiger partial charge on any atom is -0.246 e. The van der Waals surface area contributed by atoms with Crippen molar-refractivity contribution in [1.29, 1.82) is 0 Å². The number of nitrogens with zero attached hydrogens (tertiary/aromatic N) is 3. The third kappa shape index (κ3) is 8.95. The van der Waals surface area contributed by atoms with Crippen molar-refractivity contribution in [2.45, 2.75) is 0 Å². The Balaban J connectivity index is 1.00. The molecule has 0 atom stereocenters. The lowest BCUT2D eigenvalue weighted by atomic mass is 9.82. The zero-order chi connectivity index (χ0) is 48.1. The molecule has 0 N–H and O–H groups in total. The lowest BCUT2D eigenvalue weighted by molar-refractivity contribution is 1.18. The molecule has 10 aromatic carbocycles. The van der Waals surface area contributed by atoms with Crippen molar-refractivity contribution in [3.8, 4) is 123 Å². The van der Waals surface area contributed by atoms with Gasteiger partial charge in [-0.05, 0) is 74.3 Å². The van der Waals surface area contributed by atoms with Crippen molar-refractivity contribution in [1.82, 2.24) is 15.0 Å². The molecule has 0 aliphatic carbocycles. The highest BCUT2D eigenvalue weighted by Gasteiger charge is 2.25. The number of pyridine rings is 1. The van der Waals surface area contributed by atoms with E-state index in [1.54, 1.807) is 0 Å². The fraction of sp³-hybridized carbons (Fsp3) is 0. The van der Waals surface area contributed by atoms with E-state index in [0.717, 1.165) is 117 Å². The highest BCUT2D eigenvalue weighted by atomic mass is 14.9. The van der Waals surface area contributed by atoms with Crippen LogP contribution >= 0.6 is 0 Å². The van der Waals surface area contributed by atoms with Crippen molar-refractivity contribution in [2.24, 2.45) is 0 Å². The molecule has 338 valence electrons. The summed E-state index contributed by atoms with van der Waals surface area (Å²) in [6.45, 7) is 0. The first-order chi connectivity index (χ1) is 35.7. The lowest BCUT2D eigenvalue weighted by Crippen LogP contribution is -2.01. The molecule has 3 heteroatoms. The standard InChI is InChI=1S/C69H47N3/c1-7-22-48(23-8-1)56-34-19-37-59(44-56)63-47-62(70-69(71-63)61-39-21-36-58(46-61)49-24-9-2-10-25-49)51-42-40-50(41-43-51)57-35-20-38-60(45-57)64-65(52-26-11-3-12-27-52)67(54-30-15-5-16-31-54)72-68(55-32-17-6-18-33-55)66(64)53-28-13-4-14-29-53/h1-47H. The minimum absolute atomic E-state index is 0.674. The van der Waals surface area contributed by atoms with E-state index in [0.29, 0.717) is 5.82 Å². The summed E-state index contributed by atoms with van der Waals surface area (Å²) in [5, 5.41) is 0. The highest BCUT2D eigenvalue weighted by Crippen LogP contribution is 2.49. The van der Waals surface area contributed by atoms with Gasteiger partial charge >= 0.3 is 0 Å². The van der Waals surface area contributed by atoms with Gasteiger partial charge in [-0.1, -0.05) is 261 Å². The molecule has 0 radical (unpaired) electrons. The third-order valence-electron chi connectivity index (χ3n) is 13.3. The zero-order valence-electron chi connectivity index (χ0n) is 39.5. The van der Waals surface area contributed by atoms with Gasteiger partial charge in [0.15, 0.2) is 5.82 Å². The monoisotopic (exact) mass is 917 g/mol. The number of benzene rings is 10. The highest BCUT2D eigenvalue weighted by molar-refractivity contribution is 6.05. The number of hydrogen-bond donors (Lipinski definition) is 0. The van der Waals surface area contributed by atoms with Crippen LogP contribution in [0.5, 0.6) is 0 Å². The molecular weight excluding hydrogens is 871 g/mol. The van der Waals surface area contributed by atoms with Gasteiger partial charge in [0, 0.05) is 44.5 Å². The molecule has 0 bridgehead atoms. The molecule has 0 aliphatic rings. The molecule has 0 saturated heterocycles. The summed E-state index contributed by atoms with van der Waals surface area (Å²) in [6.07, 6.45) is 0. The fourth-order valence-corrected chi connectivity index (χ4v) is 9.77. The van der Waals surface area contributed by atoms with Crippen LogP contribution < -0.4 is 0 Å². The Morgan fingerprint density at radius 2 is 0.472 bits per heavy atom. The maximum absolute atomic E-state index is 5.65. The van der Waals surface area contributed by atoms with Gasteiger partial charge in [0.25, 0.3) is 0 Å². The van der Waals surface area contributed by atoms with Crippen LogP contribution in [0.1, 0.15) is 0 Å². The normalized spacial score (nSPS) is 11.1. The van der Waals surface area contributed by atoms with Gasteiger partial charge in [-0.3, -0.25) is 0 Å². The van der Waals surface area contributed by atoms with Crippen LogP contribution in [0.4, 0.5) is 0 Å². The van der Waals surface area contributed by atoms with Gasteiger partial charge in [-0.25, -0.2) is 15.0 Å². The van der Waals surface area contributed by atoms with E-state index < -0.39 is 0 Å². The maximum atomic E-state index is 5.65. The van der Waals surface area contributed by atoms with Crippen LogP contribution in [-0.2, 0) is 0 Å². The van der Waals surface area contributed by atoms with E-state index in [1.165, 1.54) is 0 Å². The van der Waals surface area contributed by atoms with Crippen molar-refractivity contribution in [3.63, 3.8) is 0 Å². The second-order valence-electron chi connectivity index (χ2n) is 17.9. The Kier molecular flexibility index (Phi) is 12.0. The molecule has 2 heterocycles. The molecule has 12 rings (SSSR count). The Bertz CT molecular complexity index is 3600. The number of rotatable bonds is 11. The van der Waals surface area contributed by atoms with E-state index in [1.807, 2.05) is 6.07 Å². The number of aromatic nitrogens is 3. The topological polar surface area (TPSA) is 38.7 Å². The molecule has 0 unspecified atom stereocenters. The largest absolute Gasteiger partial charge is 0.246 e. The first-order valence-electron chi connectivity index (χ1n) is 24.4. The fourth-order valence-electron chi connectivity index (χ4n) is 9.77. The third-order valence-corrected chi connectivity index (χ3v) is 13.3. The predicted octanol–water partition coefficient (Wildman–Crippen LogP) is 18.2. The van der Waals surface area contributed by atoms with Gasteiger partial charge in [0.05, 0.1) is 22.8 Å². The van der Waals surface area contributed by atoms with E-state index in [2.05, 4.69) is 279 Å². The molecule has 2 aromatic heterocycles. The molecule has 12 aromatic rings. The summed E-state index contributed by atoms with van der Waals surface area (Å²) < 4.78 is 0. The molecular formula is C69H47N3. The second-order valence-corrected chi connectivity index (χ2v) is 17.9. The number of hydrogen-bond acceptors (Lipinski definition) is 3. The van der Waals surface area contributed by atoms with Gasteiger partial charge < -0.3 is 0 Å². The van der Waals surface area contributed by atoms with Crippen LogP contribution in [0.25, 0.3) is 123 Å². The predicted molar refractivity (Wildman–Crippen MR) is 300 cm³/mol. The van der Waals surface area contributed by atoms with E-state index in [9.17, 15) is 0 Å². The first-order valence-corrected chi connectivity index (χ1v) is 24.4. The Morgan fingerprint density at radius 3 is 0.931 bits per heavy atom. The summed E-state index contributed by atoms with van der Waals surface area (Å²) in [6, 6.07) is 101. The van der Waals surface area contributed by atoms with Crippen molar-refractivity contribution in [3.05, 3.63) is 285 Å². The average Bonchev–Trinajstić information content (AvgIpc) is 3.48. The van der Waals surface area contributed by atoms with E-state index in [4.69, 9.17) is 15.0 Å². The van der Waals surface area contributed by atoms with Crippen LogP contribution in [0, 0.1) is 0 Å². The molecule has 0 fully saturated rings. The van der Waals surface area contributed by atoms with Crippen LogP contribution in [0.15, 0.2) is 285 Å².